The molecule has 1 atom stereocenters. The van der Waals surface area contributed by atoms with Crippen molar-refractivity contribution in [3.63, 3.8) is 0 Å². The number of benzene rings is 1. The molecule has 0 heterocycles. The molecule has 0 saturated carbocycles. The molecule has 19 heavy (non-hydrogen) atoms. The molecule has 2 nitrogen and oxygen atoms in total. The van der Waals surface area contributed by atoms with Gasteiger partial charge in [0, 0.05) is 24.7 Å². The van der Waals surface area contributed by atoms with Gasteiger partial charge in [0.1, 0.15) is 0 Å². The van der Waals surface area contributed by atoms with E-state index in [1.807, 2.05) is 0 Å². The second-order valence-corrected chi connectivity index (χ2v) is 6.83. The molecule has 0 radical (unpaired) electrons. The van der Waals surface area contributed by atoms with Crippen LogP contribution in [0, 0.1) is 5.92 Å². The molecule has 0 unspecified atom stereocenters. The van der Waals surface area contributed by atoms with E-state index in [2.05, 4.69) is 76.4 Å². The van der Waals surface area contributed by atoms with Gasteiger partial charge in [-0.05, 0) is 44.7 Å². The van der Waals surface area contributed by atoms with Crippen LogP contribution in [0.4, 0.5) is 0 Å². The fraction of sp³-hybridized carbons (Fsp3) is 0.647. The molecule has 0 aliphatic heterocycles. The average molecular weight is 262 g/mol. The Morgan fingerprint density at radius 3 is 1.79 bits per heavy atom. The lowest BCUT2D eigenvalue weighted by atomic mass is 10.1. The average Bonchev–Trinajstić information content (AvgIpc) is 2.33. The van der Waals surface area contributed by atoms with Crippen molar-refractivity contribution in [3.8, 4) is 0 Å². The fourth-order valence-electron chi connectivity index (χ4n) is 1.66. The van der Waals surface area contributed by atoms with E-state index >= 15 is 0 Å². The Balaban J connectivity index is 2.43. The van der Waals surface area contributed by atoms with Crippen molar-refractivity contribution >= 4 is 0 Å². The van der Waals surface area contributed by atoms with Crippen LogP contribution in [0.5, 0.6) is 0 Å². The lowest BCUT2D eigenvalue weighted by Gasteiger charge is -2.21. The summed E-state index contributed by atoms with van der Waals surface area (Å²) in [7, 11) is 0. The molecule has 2 heteroatoms. The summed E-state index contributed by atoms with van der Waals surface area (Å²) in [6.07, 6.45) is 0. The van der Waals surface area contributed by atoms with Crippen molar-refractivity contribution in [2.75, 3.05) is 0 Å². The summed E-state index contributed by atoms with van der Waals surface area (Å²) < 4.78 is 0. The van der Waals surface area contributed by atoms with Gasteiger partial charge in [0.05, 0.1) is 0 Å². The molecule has 0 aliphatic rings. The van der Waals surface area contributed by atoms with Crippen molar-refractivity contribution in [1.82, 2.24) is 10.6 Å². The number of rotatable bonds is 6. The van der Waals surface area contributed by atoms with Crippen LogP contribution in [-0.4, -0.2) is 11.6 Å². The first-order chi connectivity index (χ1) is 8.78. The minimum absolute atomic E-state index is 0.174. The van der Waals surface area contributed by atoms with Gasteiger partial charge in [0.2, 0.25) is 0 Å². The first kappa shape index (κ1) is 16.2. The van der Waals surface area contributed by atoms with E-state index in [1.165, 1.54) is 11.1 Å². The van der Waals surface area contributed by atoms with Crippen LogP contribution < -0.4 is 10.6 Å². The molecule has 0 spiro atoms. The zero-order valence-corrected chi connectivity index (χ0v) is 13.4. The molecule has 108 valence electrons. The molecular weight excluding hydrogens is 232 g/mol. The largest absolute Gasteiger partial charge is 0.310 e. The van der Waals surface area contributed by atoms with Crippen LogP contribution in [0.1, 0.15) is 52.7 Å². The summed E-state index contributed by atoms with van der Waals surface area (Å²) >= 11 is 0. The van der Waals surface area contributed by atoms with Gasteiger partial charge in [0.15, 0.2) is 0 Å². The summed E-state index contributed by atoms with van der Waals surface area (Å²) in [6.45, 7) is 15.2. The van der Waals surface area contributed by atoms with E-state index in [0.29, 0.717) is 12.0 Å². The molecular formula is C17H30N2. The first-order valence-corrected chi connectivity index (χ1v) is 7.34. The van der Waals surface area contributed by atoms with Gasteiger partial charge in [-0.15, -0.1) is 0 Å². The maximum absolute atomic E-state index is 3.56. The number of nitrogens with one attached hydrogen (secondary N) is 2. The third-order valence-corrected chi connectivity index (χ3v) is 3.47. The van der Waals surface area contributed by atoms with Gasteiger partial charge >= 0.3 is 0 Å². The van der Waals surface area contributed by atoms with Gasteiger partial charge in [-0.3, -0.25) is 0 Å². The SMILES string of the molecule is CC(C)[C@H](C)NCc1ccc(CNC(C)(C)C)cc1. The van der Waals surface area contributed by atoms with Crippen LogP contribution >= 0.6 is 0 Å². The quantitative estimate of drug-likeness (QED) is 0.816. The normalized spacial score (nSPS) is 13.8. The topological polar surface area (TPSA) is 24.1 Å². The zero-order chi connectivity index (χ0) is 14.5. The number of hydrogen-bond acceptors (Lipinski definition) is 2. The van der Waals surface area contributed by atoms with Gasteiger partial charge in [-0.2, -0.15) is 0 Å². The van der Waals surface area contributed by atoms with Crippen LogP contribution in [-0.2, 0) is 13.1 Å². The molecule has 0 fully saturated rings. The van der Waals surface area contributed by atoms with Gasteiger partial charge < -0.3 is 10.6 Å². The van der Waals surface area contributed by atoms with Crippen LogP contribution in [0.2, 0.25) is 0 Å². The van der Waals surface area contributed by atoms with Gasteiger partial charge in [-0.1, -0.05) is 38.1 Å². The van der Waals surface area contributed by atoms with Gasteiger partial charge in [0.25, 0.3) is 0 Å². The maximum atomic E-state index is 3.56. The fourth-order valence-corrected chi connectivity index (χ4v) is 1.66. The molecule has 0 saturated heterocycles. The predicted molar refractivity (Wildman–Crippen MR) is 84.2 cm³/mol. The molecule has 2 N–H and O–H groups in total. The van der Waals surface area contributed by atoms with Gasteiger partial charge in [-0.25, -0.2) is 0 Å². The molecule has 0 bridgehead atoms. The Hall–Kier alpha value is -0.860. The van der Waals surface area contributed by atoms with E-state index in [9.17, 15) is 0 Å². The molecule has 1 rings (SSSR count). The third-order valence-electron chi connectivity index (χ3n) is 3.47. The highest BCUT2D eigenvalue weighted by molar-refractivity contribution is 5.22. The standard InChI is InChI=1S/C17H30N2/c1-13(2)14(3)18-11-15-7-9-16(10-8-15)12-19-17(4,5)6/h7-10,13-14,18-19H,11-12H2,1-6H3/t14-/m0/s1. The summed E-state index contributed by atoms with van der Waals surface area (Å²) in [5.41, 5.74) is 2.87. The molecule has 1 aromatic carbocycles. The predicted octanol–water partition coefficient (Wildman–Crippen LogP) is 3.71. The van der Waals surface area contributed by atoms with Crippen molar-refractivity contribution in [2.24, 2.45) is 5.92 Å². The Morgan fingerprint density at radius 2 is 1.37 bits per heavy atom. The van der Waals surface area contributed by atoms with Crippen LogP contribution in [0.25, 0.3) is 0 Å². The van der Waals surface area contributed by atoms with E-state index in [-0.39, 0.29) is 5.54 Å². The molecule has 0 aromatic heterocycles. The minimum atomic E-state index is 0.174. The van der Waals surface area contributed by atoms with E-state index in [0.717, 1.165) is 13.1 Å². The monoisotopic (exact) mass is 262 g/mol. The van der Waals surface area contributed by atoms with Crippen molar-refractivity contribution < 1.29 is 0 Å². The lowest BCUT2D eigenvalue weighted by molar-refractivity contribution is 0.423. The Labute approximate surface area is 119 Å². The highest BCUT2D eigenvalue weighted by Crippen LogP contribution is 2.08. The Morgan fingerprint density at radius 1 is 0.895 bits per heavy atom. The molecule has 0 aliphatic carbocycles. The second-order valence-electron chi connectivity index (χ2n) is 6.83. The first-order valence-electron chi connectivity index (χ1n) is 7.34. The van der Waals surface area contributed by atoms with Crippen molar-refractivity contribution in [3.05, 3.63) is 35.4 Å². The summed E-state index contributed by atoms with van der Waals surface area (Å²) in [5.74, 6) is 0.676. The van der Waals surface area contributed by atoms with E-state index < -0.39 is 0 Å². The second kappa shape index (κ2) is 7.06. The van der Waals surface area contributed by atoms with Crippen LogP contribution in [0.3, 0.4) is 0 Å². The summed E-state index contributed by atoms with van der Waals surface area (Å²) in [6, 6.07) is 9.44. The molecule has 0 amide bonds. The van der Waals surface area contributed by atoms with E-state index in [1.54, 1.807) is 0 Å². The van der Waals surface area contributed by atoms with Crippen molar-refractivity contribution in [2.45, 2.75) is 66.2 Å². The maximum Gasteiger partial charge on any atom is 0.0210 e. The summed E-state index contributed by atoms with van der Waals surface area (Å²) in [5, 5.41) is 7.07. The lowest BCUT2D eigenvalue weighted by Crippen LogP contribution is -2.35. The highest BCUT2D eigenvalue weighted by Gasteiger charge is 2.08. The minimum Gasteiger partial charge on any atom is -0.310 e. The van der Waals surface area contributed by atoms with E-state index in [4.69, 9.17) is 0 Å². The van der Waals surface area contributed by atoms with Crippen LogP contribution in [0.15, 0.2) is 24.3 Å². The molecule has 1 aromatic rings. The third kappa shape index (κ3) is 6.74. The zero-order valence-electron chi connectivity index (χ0n) is 13.4. The summed E-state index contributed by atoms with van der Waals surface area (Å²) in [4.78, 5) is 0. The Kier molecular flexibility index (Phi) is 6.02. The smallest absolute Gasteiger partial charge is 0.0210 e. The number of hydrogen-bond donors (Lipinski definition) is 2. The Bertz CT molecular complexity index is 360. The van der Waals surface area contributed by atoms with Crippen molar-refractivity contribution in [1.29, 1.82) is 0 Å². The highest BCUT2D eigenvalue weighted by atomic mass is 14.9.